The lowest BCUT2D eigenvalue weighted by atomic mass is 9.76. The maximum Gasteiger partial charge on any atom is 0.255 e. The lowest BCUT2D eigenvalue weighted by Crippen LogP contribution is -2.67. The summed E-state index contributed by atoms with van der Waals surface area (Å²) in [6, 6.07) is 21.5. The van der Waals surface area contributed by atoms with Crippen LogP contribution in [0, 0.1) is 0 Å². The summed E-state index contributed by atoms with van der Waals surface area (Å²) in [6.45, 7) is 4.97. The molecule has 2 aliphatic heterocycles. The van der Waals surface area contributed by atoms with E-state index >= 15 is 0 Å². The molecule has 6 rings (SSSR count). The summed E-state index contributed by atoms with van der Waals surface area (Å²) in [5.41, 5.74) is 3.35. The first kappa shape index (κ1) is 25.8. The highest BCUT2D eigenvalue weighted by atomic mass is 16.5. The number of ether oxygens (including phenoxy) is 3. The van der Waals surface area contributed by atoms with E-state index in [1.807, 2.05) is 74.5 Å². The quantitative estimate of drug-likeness (QED) is 0.364. The summed E-state index contributed by atoms with van der Waals surface area (Å²) in [4.78, 5) is 35.2. The Kier molecular flexibility index (Phi) is 6.41. The van der Waals surface area contributed by atoms with E-state index < -0.39 is 5.54 Å². The summed E-state index contributed by atoms with van der Waals surface area (Å²) in [6.07, 6.45) is 0. The highest BCUT2D eigenvalue weighted by molar-refractivity contribution is 6.01. The van der Waals surface area contributed by atoms with Crippen molar-refractivity contribution in [1.82, 2.24) is 14.8 Å². The Morgan fingerprint density at radius 3 is 2.48 bits per heavy atom. The van der Waals surface area contributed by atoms with Gasteiger partial charge in [-0.1, -0.05) is 42.5 Å². The van der Waals surface area contributed by atoms with Gasteiger partial charge in [-0.2, -0.15) is 0 Å². The number of carbonyl (C=O) groups excluding carboxylic acids is 2. The lowest BCUT2D eigenvalue weighted by Gasteiger charge is -2.51. The minimum atomic E-state index is -1.18. The molecule has 206 valence electrons. The van der Waals surface area contributed by atoms with Crippen LogP contribution in [0.3, 0.4) is 0 Å². The summed E-state index contributed by atoms with van der Waals surface area (Å²) in [5.74, 6) is 1.62. The topological polar surface area (TPSA) is 84.1 Å². The number of hydrogen-bond acceptors (Lipinski definition) is 5. The average molecular weight is 540 g/mol. The van der Waals surface area contributed by atoms with Crippen molar-refractivity contribution in [3.05, 3.63) is 89.1 Å². The monoisotopic (exact) mass is 539 g/mol. The first-order valence-corrected chi connectivity index (χ1v) is 13.5. The van der Waals surface area contributed by atoms with Gasteiger partial charge in [-0.3, -0.25) is 9.59 Å². The van der Waals surface area contributed by atoms with E-state index in [1.165, 1.54) is 0 Å². The number of nitrogens with zero attached hydrogens (tertiary/aromatic N) is 2. The fourth-order valence-corrected chi connectivity index (χ4v) is 6.30. The summed E-state index contributed by atoms with van der Waals surface area (Å²) in [7, 11) is 3.25. The predicted octanol–water partition coefficient (Wildman–Crippen LogP) is 4.82. The van der Waals surface area contributed by atoms with Gasteiger partial charge in [0.25, 0.3) is 5.91 Å². The number of methoxy groups -OCH3 is 2. The van der Waals surface area contributed by atoms with Gasteiger partial charge in [0.1, 0.15) is 12.3 Å². The lowest BCUT2D eigenvalue weighted by molar-refractivity contribution is -0.166. The molecule has 1 unspecified atom stereocenters. The molecule has 1 N–H and O–H groups in total. The van der Waals surface area contributed by atoms with Crippen LogP contribution in [-0.4, -0.2) is 60.5 Å². The number of para-hydroxylation sites is 2. The van der Waals surface area contributed by atoms with Gasteiger partial charge in [-0.05, 0) is 49.2 Å². The summed E-state index contributed by atoms with van der Waals surface area (Å²) in [5, 5.41) is 1.03. The second kappa shape index (κ2) is 9.93. The normalized spacial score (nSPS) is 20.4. The molecule has 0 aliphatic carbocycles. The Morgan fingerprint density at radius 2 is 1.75 bits per heavy atom. The number of H-pyrrole nitrogens is 1. The molecular weight excluding hydrogens is 506 g/mol. The first-order valence-electron chi connectivity index (χ1n) is 13.5. The Bertz CT molecular complexity index is 1590. The van der Waals surface area contributed by atoms with Crippen molar-refractivity contribution in [1.29, 1.82) is 0 Å². The Labute approximate surface area is 233 Å². The van der Waals surface area contributed by atoms with Gasteiger partial charge in [-0.25, -0.2) is 0 Å². The van der Waals surface area contributed by atoms with Crippen molar-refractivity contribution in [2.75, 3.05) is 33.9 Å². The van der Waals surface area contributed by atoms with Crippen LogP contribution in [0.5, 0.6) is 17.2 Å². The van der Waals surface area contributed by atoms with E-state index in [4.69, 9.17) is 14.2 Å². The van der Waals surface area contributed by atoms with Crippen molar-refractivity contribution < 1.29 is 23.8 Å². The Morgan fingerprint density at radius 1 is 0.975 bits per heavy atom. The molecule has 1 saturated heterocycles. The molecule has 2 amide bonds. The number of rotatable bonds is 7. The molecule has 3 aromatic carbocycles. The van der Waals surface area contributed by atoms with Crippen LogP contribution in [0.25, 0.3) is 10.9 Å². The van der Waals surface area contributed by atoms with Gasteiger partial charge in [0.05, 0.1) is 26.5 Å². The number of fused-ring (bicyclic) bond motifs is 5. The SMILES string of the molecule is CCOc1c(OC)cccc1C1CN2C(=O)CN(Cc3ccc(OC)cc3)C(=O)[C@]2(C)c2[nH]c3ccccc3c21. The molecule has 0 spiro atoms. The first-order chi connectivity index (χ1) is 19.4. The molecule has 2 atom stereocenters. The summed E-state index contributed by atoms with van der Waals surface area (Å²) < 4.78 is 17.0. The number of aromatic amines is 1. The fraction of sp³-hybridized carbons (Fsp3) is 0.312. The number of hydrogen-bond donors (Lipinski definition) is 1. The van der Waals surface area contributed by atoms with Crippen LogP contribution < -0.4 is 14.2 Å². The van der Waals surface area contributed by atoms with E-state index in [0.717, 1.165) is 39.0 Å². The molecule has 40 heavy (non-hydrogen) atoms. The third-order valence-corrected chi connectivity index (χ3v) is 8.24. The summed E-state index contributed by atoms with van der Waals surface area (Å²) >= 11 is 0. The largest absolute Gasteiger partial charge is 0.497 e. The van der Waals surface area contributed by atoms with Crippen LogP contribution in [0.1, 0.15) is 42.1 Å². The van der Waals surface area contributed by atoms with Crippen molar-refractivity contribution in [2.24, 2.45) is 0 Å². The van der Waals surface area contributed by atoms with Crippen LogP contribution in [0.15, 0.2) is 66.7 Å². The van der Waals surface area contributed by atoms with Crippen molar-refractivity contribution >= 4 is 22.7 Å². The number of aromatic nitrogens is 1. The van der Waals surface area contributed by atoms with Crippen LogP contribution in [0.2, 0.25) is 0 Å². The average Bonchev–Trinajstić information content (AvgIpc) is 3.37. The Hall–Kier alpha value is -4.46. The third kappa shape index (κ3) is 3.89. The molecular formula is C32H33N3O5. The molecule has 0 saturated carbocycles. The van der Waals surface area contributed by atoms with E-state index in [9.17, 15) is 9.59 Å². The predicted molar refractivity (Wildman–Crippen MR) is 152 cm³/mol. The minimum Gasteiger partial charge on any atom is -0.497 e. The van der Waals surface area contributed by atoms with Gasteiger partial charge in [0, 0.05) is 35.5 Å². The zero-order valence-corrected chi connectivity index (χ0v) is 23.2. The zero-order valence-electron chi connectivity index (χ0n) is 23.2. The van der Waals surface area contributed by atoms with E-state index in [0.29, 0.717) is 31.2 Å². The fourth-order valence-electron chi connectivity index (χ4n) is 6.30. The number of amides is 2. The van der Waals surface area contributed by atoms with Crippen LogP contribution >= 0.6 is 0 Å². The van der Waals surface area contributed by atoms with Crippen LogP contribution in [0.4, 0.5) is 0 Å². The number of piperazine rings is 1. The molecule has 1 fully saturated rings. The highest BCUT2D eigenvalue weighted by Gasteiger charge is 2.56. The molecule has 4 aromatic rings. The van der Waals surface area contributed by atoms with Gasteiger partial charge >= 0.3 is 0 Å². The molecule has 2 aliphatic rings. The maximum atomic E-state index is 14.3. The minimum absolute atomic E-state index is 0.0131. The smallest absolute Gasteiger partial charge is 0.255 e. The third-order valence-electron chi connectivity index (χ3n) is 8.24. The number of benzene rings is 3. The number of carbonyl (C=O) groups is 2. The zero-order chi connectivity index (χ0) is 28.0. The molecule has 0 bridgehead atoms. The van der Waals surface area contributed by atoms with Crippen LogP contribution in [-0.2, 0) is 21.7 Å². The van der Waals surface area contributed by atoms with Gasteiger partial charge in [0.15, 0.2) is 17.0 Å². The van der Waals surface area contributed by atoms with Crippen molar-refractivity contribution in [3.63, 3.8) is 0 Å². The number of nitrogens with one attached hydrogen (secondary N) is 1. The van der Waals surface area contributed by atoms with E-state index in [2.05, 4.69) is 11.1 Å². The highest BCUT2D eigenvalue weighted by Crippen LogP contribution is 2.50. The Balaban J connectivity index is 1.49. The maximum absolute atomic E-state index is 14.3. The van der Waals surface area contributed by atoms with Gasteiger partial charge < -0.3 is 29.0 Å². The molecule has 3 heterocycles. The second-order valence-electron chi connectivity index (χ2n) is 10.4. The van der Waals surface area contributed by atoms with Gasteiger partial charge in [0.2, 0.25) is 5.91 Å². The van der Waals surface area contributed by atoms with Gasteiger partial charge in [-0.15, -0.1) is 0 Å². The van der Waals surface area contributed by atoms with Crippen molar-refractivity contribution in [3.8, 4) is 17.2 Å². The molecule has 0 radical (unpaired) electrons. The standard InChI is InChI=1S/C32H33N3O5/c1-5-40-29-22(10-8-12-26(29)39-4)24-18-35-27(36)19-34(17-20-13-15-21(38-3)16-14-20)31(37)32(35,2)30-28(24)23-9-6-7-11-25(23)33-30/h6-16,24,33H,5,17-19H2,1-4H3/t24?,32-/m0/s1. The molecule has 8 nitrogen and oxygen atoms in total. The molecule has 8 heteroatoms. The van der Waals surface area contributed by atoms with E-state index in [-0.39, 0.29) is 24.3 Å². The molecule has 1 aromatic heterocycles. The second-order valence-corrected chi connectivity index (χ2v) is 10.4. The van der Waals surface area contributed by atoms with E-state index in [1.54, 1.807) is 24.0 Å². The van der Waals surface area contributed by atoms with Crippen molar-refractivity contribution in [2.45, 2.75) is 31.8 Å².